The van der Waals surface area contributed by atoms with Crippen molar-refractivity contribution < 1.29 is 9.31 Å². The summed E-state index contributed by atoms with van der Waals surface area (Å²) < 4.78 is 13.8. The van der Waals surface area contributed by atoms with Gasteiger partial charge in [-0.05, 0) is 45.9 Å². The molecule has 3 rings (SSSR count). The van der Waals surface area contributed by atoms with E-state index in [0.717, 1.165) is 11.3 Å². The van der Waals surface area contributed by atoms with Gasteiger partial charge in [-0.2, -0.15) is 5.10 Å². The van der Waals surface area contributed by atoms with Gasteiger partial charge >= 0.3 is 7.12 Å². The Labute approximate surface area is 119 Å². The molecule has 1 aliphatic heterocycles. The Kier molecular flexibility index (Phi) is 2.99. The average molecular weight is 270 g/mol. The number of aromatic nitrogens is 2. The highest BCUT2D eigenvalue weighted by atomic mass is 16.7. The predicted molar refractivity (Wildman–Crippen MR) is 79.3 cm³/mol. The van der Waals surface area contributed by atoms with E-state index in [1.807, 2.05) is 75.0 Å². The Morgan fingerprint density at radius 1 is 0.950 bits per heavy atom. The molecule has 0 radical (unpaired) electrons. The topological polar surface area (TPSA) is 36.3 Å². The monoisotopic (exact) mass is 270 g/mol. The molecule has 0 spiro atoms. The summed E-state index contributed by atoms with van der Waals surface area (Å²) in [7, 11) is -0.412. The third-order valence-corrected chi connectivity index (χ3v) is 4.13. The fourth-order valence-electron chi connectivity index (χ4n) is 2.15. The van der Waals surface area contributed by atoms with E-state index in [-0.39, 0.29) is 11.2 Å². The zero-order valence-electron chi connectivity index (χ0n) is 12.3. The summed E-state index contributed by atoms with van der Waals surface area (Å²) in [5.41, 5.74) is 1.14. The van der Waals surface area contributed by atoms with Crippen LogP contribution in [0.1, 0.15) is 27.7 Å². The first-order valence-electron chi connectivity index (χ1n) is 6.86. The quantitative estimate of drug-likeness (QED) is 0.785. The number of hydrogen-bond donors (Lipinski definition) is 0. The summed E-state index contributed by atoms with van der Waals surface area (Å²) in [6.07, 6.45) is 1.93. The second-order valence-electron chi connectivity index (χ2n) is 6.11. The van der Waals surface area contributed by atoms with Crippen LogP contribution in [-0.4, -0.2) is 28.1 Å². The van der Waals surface area contributed by atoms with Crippen LogP contribution < -0.4 is 5.59 Å². The Bertz CT molecular complexity index is 591. The van der Waals surface area contributed by atoms with Crippen molar-refractivity contribution in [3.05, 3.63) is 42.6 Å². The molecule has 104 valence electrons. The molecule has 0 aliphatic carbocycles. The molecule has 4 nitrogen and oxygen atoms in total. The van der Waals surface area contributed by atoms with Gasteiger partial charge in [0.15, 0.2) is 0 Å². The summed E-state index contributed by atoms with van der Waals surface area (Å²) >= 11 is 0. The fraction of sp³-hybridized carbons (Fsp3) is 0.400. The summed E-state index contributed by atoms with van der Waals surface area (Å²) in [6, 6.07) is 11.9. The van der Waals surface area contributed by atoms with Crippen LogP contribution in [0.2, 0.25) is 0 Å². The Hall–Kier alpha value is -1.59. The Balaban J connectivity index is 1.86. The normalized spacial score (nSPS) is 20.3. The van der Waals surface area contributed by atoms with E-state index < -0.39 is 7.12 Å². The molecule has 1 aliphatic rings. The van der Waals surface area contributed by atoms with Crippen LogP contribution in [0.5, 0.6) is 0 Å². The lowest BCUT2D eigenvalue weighted by atomic mass is 9.85. The molecular weight excluding hydrogens is 251 g/mol. The zero-order chi connectivity index (χ0) is 14.4. The lowest BCUT2D eigenvalue weighted by Crippen LogP contribution is -2.41. The fourth-order valence-corrected chi connectivity index (χ4v) is 2.15. The molecule has 0 saturated carbocycles. The lowest BCUT2D eigenvalue weighted by molar-refractivity contribution is 0.00578. The maximum atomic E-state index is 6.00. The van der Waals surface area contributed by atoms with Crippen molar-refractivity contribution in [3.8, 4) is 5.69 Å². The van der Waals surface area contributed by atoms with Gasteiger partial charge in [0.05, 0.1) is 22.5 Å². The van der Waals surface area contributed by atoms with Crippen molar-refractivity contribution in [3.63, 3.8) is 0 Å². The van der Waals surface area contributed by atoms with Crippen LogP contribution in [-0.2, 0) is 9.31 Å². The number of benzene rings is 1. The third-order valence-electron chi connectivity index (χ3n) is 4.13. The molecule has 2 aromatic rings. The minimum Gasteiger partial charge on any atom is -0.398 e. The number of hydrogen-bond acceptors (Lipinski definition) is 3. The molecule has 1 aromatic heterocycles. The molecule has 1 fully saturated rings. The molecule has 0 N–H and O–H groups in total. The van der Waals surface area contributed by atoms with Gasteiger partial charge in [0.2, 0.25) is 0 Å². The van der Waals surface area contributed by atoms with Crippen molar-refractivity contribution in [2.45, 2.75) is 38.9 Å². The molecule has 1 aromatic carbocycles. The molecule has 0 atom stereocenters. The Morgan fingerprint density at radius 2 is 1.55 bits per heavy atom. The first kappa shape index (κ1) is 13.4. The molecule has 20 heavy (non-hydrogen) atoms. The first-order chi connectivity index (χ1) is 9.39. The van der Waals surface area contributed by atoms with Crippen LogP contribution in [0.4, 0.5) is 0 Å². The van der Waals surface area contributed by atoms with Crippen LogP contribution in [0.25, 0.3) is 5.69 Å². The van der Waals surface area contributed by atoms with E-state index in [1.165, 1.54) is 0 Å². The van der Waals surface area contributed by atoms with Crippen molar-refractivity contribution in [1.29, 1.82) is 0 Å². The van der Waals surface area contributed by atoms with Crippen molar-refractivity contribution >= 4 is 12.7 Å². The number of para-hydroxylation sites is 1. The van der Waals surface area contributed by atoms with Crippen molar-refractivity contribution in [2.75, 3.05) is 0 Å². The van der Waals surface area contributed by atoms with Crippen molar-refractivity contribution in [1.82, 2.24) is 9.78 Å². The van der Waals surface area contributed by atoms with E-state index in [4.69, 9.17) is 9.31 Å². The van der Waals surface area contributed by atoms with Crippen LogP contribution in [0.3, 0.4) is 0 Å². The van der Waals surface area contributed by atoms with E-state index in [0.29, 0.717) is 0 Å². The van der Waals surface area contributed by atoms with Gasteiger partial charge in [0.1, 0.15) is 0 Å². The molecule has 1 saturated heterocycles. The van der Waals surface area contributed by atoms with Gasteiger partial charge in [-0.1, -0.05) is 18.2 Å². The van der Waals surface area contributed by atoms with Crippen LogP contribution in [0, 0.1) is 0 Å². The summed E-state index contributed by atoms with van der Waals surface area (Å²) in [4.78, 5) is 0. The Morgan fingerprint density at radius 3 is 2.15 bits per heavy atom. The predicted octanol–water partition coefficient (Wildman–Crippen LogP) is 2.17. The molecule has 0 unspecified atom stereocenters. The first-order valence-corrected chi connectivity index (χ1v) is 6.86. The van der Waals surface area contributed by atoms with Crippen LogP contribution >= 0.6 is 0 Å². The molecule has 5 heteroatoms. The second kappa shape index (κ2) is 4.47. The van der Waals surface area contributed by atoms with Gasteiger partial charge in [-0.15, -0.1) is 0 Å². The lowest BCUT2D eigenvalue weighted by Gasteiger charge is -2.32. The molecule has 2 heterocycles. The van der Waals surface area contributed by atoms with E-state index >= 15 is 0 Å². The van der Waals surface area contributed by atoms with Crippen LogP contribution in [0.15, 0.2) is 42.6 Å². The second-order valence-corrected chi connectivity index (χ2v) is 6.11. The highest BCUT2D eigenvalue weighted by Gasteiger charge is 2.52. The van der Waals surface area contributed by atoms with E-state index in [1.54, 1.807) is 0 Å². The maximum Gasteiger partial charge on any atom is 0.516 e. The van der Waals surface area contributed by atoms with E-state index in [9.17, 15) is 0 Å². The summed E-state index contributed by atoms with van der Waals surface area (Å²) in [5.74, 6) is 0. The van der Waals surface area contributed by atoms with Gasteiger partial charge in [0.25, 0.3) is 0 Å². The van der Waals surface area contributed by atoms with Gasteiger partial charge in [-0.25, -0.2) is 4.68 Å². The SMILES string of the molecule is CC1(C)OB(c2ccn(-c3ccccc3)n2)OC1(C)C. The average Bonchev–Trinajstić information content (AvgIpc) is 2.94. The van der Waals surface area contributed by atoms with Gasteiger partial charge in [0, 0.05) is 6.20 Å². The standard InChI is InChI=1S/C15H19BN2O2/c1-14(2)15(3,4)20-16(19-14)13-10-11-18(17-13)12-8-6-5-7-9-12/h5-11H,1-4H3. The zero-order valence-corrected chi connectivity index (χ0v) is 12.3. The summed E-state index contributed by atoms with van der Waals surface area (Å²) in [6.45, 7) is 8.17. The molecule has 0 bridgehead atoms. The minimum absolute atomic E-state index is 0.339. The maximum absolute atomic E-state index is 6.00. The minimum atomic E-state index is -0.412. The molecule has 0 amide bonds. The largest absolute Gasteiger partial charge is 0.516 e. The van der Waals surface area contributed by atoms with Gasteiger partial charge in [-0.3, -0.25) is 0 Å². The van der Waals surface area contributed by atoms with Crippen molar-refractivity contribution in [2.24, 2.45) is 0 Å². The van der Waals surface area contributed by atoms with Gasteiger partial charge < -0.3 is 9.31 Å². The molecular formula is C15H19BN2O2. The van der Waals surface area contributed by atoms with E-state index in [2.05, 4.69) is 5.10 Å². The highest BCUT2D eigenvalue weighted by molar-refractivity contribution is 6.61. The smallest absolute Gasteiger partial charge is 0.398 e. The number of nitrogens with zero attached hydrogens (tertiary/aromatic N) is 2. The summed E-state index contributed by atoms with van der Waals surface area (Å²) in [5, 5.41) is 4.56. The third kappa shape index (κ3) is 2.17. The highest BCUT2D eigenvalue weighted by Crippen LogP contribution is 2.36. The number of rotatable bonds is 2.